The van der Waals surface area contributed by atoms with E-state index in [0.29, 0.717) is 6.07 Å². The van der Waals surface area contributed by atoms with Crippen LogP contribution in [0, 0.1) is 11.3 Å². The normalized spacial score (nSPS) is 10.2. The van der Waals surface area contributed by atoms with Crippen molar-refractivity contribution in [2.45, 2.75) is 5.38 Å². The first-order valence-corrected chi connectivity index (χ1v) is 1.87. The van der Waals surface area contributed by atoms with Crippen molar-refractivity contribution in [3.05, 3.63) is 0 Å². The van der Waals surface area contributed by atoms with E-state index in [9.17, 15) is 13.6 Å². The lowest BCUT2D eigenvalue weighted by Crippen LogP contribution is -2.18. The van der Waals surface area contributed by atoms with E-state index in [-0.39, 0.29) is 0 Å². The number of nitriles is 1. The predicted molar refractivity (Wildman–Crippen MR) is 21.4 cm³/mol. The van der Waals surface area contributed by atoms with Crippen molar-refractivity contribution in [3.8, 4) is 6.07 Å². The molecule has 0 bridgehead atoms. The first kappa shape index (κ1) is 7.31. The van der Waals surface area contributed by atoms with Gasteiger partial charge >= 0.3 is 11.2 Å². The number of carbonyl (C=O) groups is 1. The molecule has 0 atom stereocenters. The SMILES string of the molecule is N#CC(=O)C(F)(F)Cl. The minimum atomic E-state index is -4.02. The summed E-state index contributed by atoms with van der Waals surface area (Å²) in [4.78, 5) is 9.59. The molecular weight excluding hydrogens is 139 g/mol. The molecule has 0 spiro atoms. The Morgan fingerprint density at radius 3 is 2.12 bits per heavy atom. The Labute approximate surface area is 48.7 Å². The number of ketones is 1. The van der Waals surface area contributed by atoms with Crippen LogP contribution in [0.5, 0.6) is 0 Å². The number of hydrogen-bond donors (Lipinski definition) is 0. The number of carbonyl (C=O) groups excluding carboxylic acids is 1. The van der Waals surface area contributed by atoms with Crippen molar-refractivity contribution in [2.24, 2.45) is 0 Å². The fourth-order valence-corrected chi connectivity index (χ4v) is 0.106. The summed E-state index contributed by atoms with van der Waals surface area (Å²) in [6, 6.07) is 0.684. The topological polar surface area (TPSA) is 40.9 Å². The van der Waals surface area contributed by atoms with Crippen LogP contribution in [-0.4, -0.2) is 11.2 Å². The average molecular weight is 139 g/mol. The van der Waals surface area contributed by atoms with Gasteiger partial charge in [-0.2, -0.15) is 14.0 Å². The van der Waals surface area contributed by atoms with Crippen LogP contribution in [-0.2, 0) is 4.79 Å². The van der Waals surface area contributed by atoms with Crippen LogP contribution in [0.4, 0.5) is 8.78 Å². The standard InChI is InChI=1S/C3ClF2NO/c4-3(5,6)2(8)1-7. The molecule has 0 rings (SSSR count). The van der Waals surface area contributed by atoms with Crippen LogP contribution >= 0.6 is 11.6 Å². The third-order valence-corrected chi connectivity index (χ3v) is 0.531. The van der Waals surface area contributed by atoms with E-state index in [1.807, 2.05) is 0 Å². The summed E-state index contributed by atoms with van der Waals surface area (Å²) in [5.74, 6) is -1.93. The molecule has 0 fully saturated rings. The lowest BCUT2D eigenvalue weighted by Gasteiger charge is -1.95. The van der Waals surface area contributed by atoms with Crippen molar-refractivity contribution in [3.63, 3.8) is 0 Å². The smallest absolute Gasteiger partial charge is 0.274 e. The number of rotatable bonds is 1. The second-order valence-corrected chi connectivity index (χ2v) is 1.41. The highest BCUT2D eigenvalue weighted by atomic mass is 35.5. The van der Waals surface area contributed by atoms with Crippen molar-refractivity contribution >= 4 is 17.4 Å². The van der Waals surface area contributed by atoms with E-state index in [1.54, 1.807) is 0 Å². The van der Waals surface area contributed by atoms with Gasteiger partial charge in [0, 0.05) is 0 Å². The molecule has 0 radical (unpaired) electrons. The van der Waals surface area contributed by atoms with E-state index >= 15 is 0 Å². The maximum atomic E-state index is 11.3. The second kappa shape index (κ2) is 2.05. The molecular formula is C3ClF2NO. The second-order valence-electron chi connectivity index (χ2n) is 0.939. The van der Waals surface area contributed by atoms with Crippen LogP contribution in [0.1, 0.15) is 0 Å². The summed E-state index contributed by atoms with van der Waals surface area (Å²) < 4.78 is 22.6. The van der Waals surface area contributed by atoms with Gasteiger partial charge in [0.05, 0.1) is 0 Å². The van der Waals surface area contributed by atoms with Crippen molar-refractivity contribution < 1.29 is 13.6 Å². The number of alkyl halides is 3. The molecule has 44 valence electrons. The number of Topliss-reactive ketones (excluding diaryl/α,β-unsaturated/α-hetero) is 1. The van der Waals surface area contributed by atoms with Gasteiger partial charge in [-0.1, -0.05) is 0 Å². The molecule has 0 N–H and O–H groups in total. The molecule has 0 unspecified atom stereocenters. The molecule has 0 aromatic heterocycles. The van der Waals surface area contributed by atoms with Gasteiger partial charge < -0.3 is 0 Å². The van der Waals surface area contributed by atoms with E-state index in [2.05, 4.69) is 11.6 Å². The van der Waals surface area contributed by atoms with Crippen LogP contribution in [0.2, 0.25) is 0 Å². The van der Waals surface area contributed by atoms with E-state index < -0.39 is 11.2 Å². The molecule has 0 aliphatic rings. The van der Waals surface area contributed by atoms with Gasteiger partial charge in [-0.05, 0) is 11.6 Å². The zero-order valence-electron chi connectivity index (χ0n) is 3.49. The molecule has 0 saturated carbocycles. The Hall–Kier alpha value is -0.690. The third-order valence-electron chi connectivity index (χ3n) is 0.359. The maximum Gasteiger partial charge on any atom is 0.394 e. The molecule has 0 aliphatic carbocycles. The van der Waals surface area contributed by atoms with Crippen LogP contribution in [0.15, 0.2) is 0 Å². The van der Waals surface area contributed by atoms with Crippen molar-refractivity contribution in [1.82, 2.24) is 0 Å². The van der Waals surface area contributed by atoms with Gasteiger partial charge in [0.25, 0.3) is 0 Å². The minimum absolute atomic E-state index is 0.684. The van der Waals surface area contributed by atoms with Gasteiger partial charge in [-0.25, -0.2) is 0 Å². The van der Waals surface area contributed by atoms with E-state index in [0.717, 1.165) is 0 Å². The Bertz CT molecular complexity index is 144. The first-order valence-electron chi connectivity index (χ1n) is 1.49. The zero-order valence-corrected chi connectivity index (χ0v) is 4.25. The van der Waals surface area contributed by atoms with Gasteiger partial charge in [0.1, 0.15) is 6.07 Å². The molecule has 0 saturated heterocycles. The highest BCUT2D eigenvalue weighted by molar-refractivity contribution is 6.35. The molecule has 2 nitrogen and oxygen atoms in total. The van der Waals surface area contributed by atoms with Crippen molar-refractivity contribution in [2.75, 3.05) is 0 Å². The number of nitrogens with zero attached hydrogens (tertiary/aromatic N) is 1. The minimum Gasteiger partial charge on any atom is -0.274 e. The third kappa shape index (κ3) is 1.85. The average Bonchev–Trinajstić information content (AvgIpc) is 1.62. The summed E-state index contributed by atoms with van der Waals surface area (Å²) in [6.07, 6.45) is 0. The monoisotopic (exact) mass is 139 g/mol. The molecule has 0 aliphatic heterocycles. The lowest BCUT2D eigenvalue weighted by molar-refractivity contribution is -0.127. The van der Waals surface area contributed by atoms with E-state index in [4.69, 9.17) is 5.26 Å². The Kier molecular flexibility index (Phi) is 1.88. The van der Waals surface area contributed by atoms with E-state index in [1.165, 1.54) is 0 Å². The fraction of sp³-hybridized carbons (Fsp3) is 0.333. The number of hydrogen-bond acceptors (Lipinski definition) is 2. The first-order chi connectivity index (χ1) is 3.48. The summed E-state index contributed by atoms with van der Waals surface area (Å²) in [5, 5.41) is 3.49. The van der Waals surface area contributed by atoms with Crippen LogP contribution < -0.4 is 0 Å². The molecule has 0 aromatic carbocycles. The molecule has 5 heteroatoms. The van der Waals surface area contributed by atoms with Gasteiger partial charge in [0.2, 0.25) is 0 Å². The largest absolute Gasteiger partial charge is 0.394 e. The molecule has 0 amide bonds. The van der Waals surface area contributed by atoms with Gasteiger partial charge in [0.15, 0.2) is 0 Å². The Balaban J connectivity index is 4.09. The Morgan fingerprint density at radius 2 is 2.12 bits per heavy atom. The van der Waals surface area contributed by atoms with Crippen molar-refractivity contribution in [1.29, 1.82) is 5.26 Å². The summed E-state index contributed by atoms with van der Waals surface area (Å²) in [7, 11) is 0. The predicted octanol–water partition coefficient (Wildman–Crippen LogP) is 0.911. The molecule has 8 heavy (non-hydrogen) atoms. The molecule has 0 heterocycles. The zero-order chi connectivity index (χ0) is 6.78. The maximum absolute atomic E-state index is 11.3. The quantitative estimate of drug-likeness (QED) is 0.400. The number of halogens is 3. The summed E-state index contributed by atoms with van der Waals surface area (Å²) in [5.41, 5.74) is 0. The van der Waals surface area contributed by atoms with Gasteiger partial charge in [-0.3, -0.25) is 4.79 Å². The fourth-order valence-electron chi connectivity index (χ4n) is 0.0634. The van der Waals surface area contributed by atoms with Crippen LogP contribution in [0.3, 0.4) is 0 Å². The summed E-state index contributed by atoms with van der Waals surface area (Å²) >= 11 is 4.08. The molecule has 0 aromatic rings. The lowest BCUT2D eigenvalue weighted by atomic mass is 10.5. The summed E-state index contributed by atoms with van der Waals surface area (Å²) in [6.45, 7) is 0. The highest BCUT2D eigenvalue weighted by Gasteiger charge is 2.35. The highest BCUT2D eigenvalue weighted by Crippen LogP contribution is 2.18. The van der Waals surface area contributed by atoms with Gasteiger partial charge in [-0.15, -0.1) is 0 Å². The Morgan fingerprint density at radius 1 is 1.75 bits per heavy atom. The van der Waals surface area contributed by atoms with Crippen LogP contribution in [0.25, 0.3) is 0 Å².